The Labute approximate surface area is 164 Å². The fraction of sp³-hybridized carbons (Fsp3) is 0.727. The Kier molecular flexibility index (Phi) is 3.54. The molecule has 0 unspecified atom stereocenters. The number of ketones is 1. The molecule has 0 aromatic carbocycles. The molecule has 2 N–H and O–H groups in total. The molecule has 0 amide bonds. The van der Waals surface area contributed by atoms with Gasteiger partial charge in [-0.05, 0) is 47.7 Å². The van der Waals surface area contributed by atoms with E-state index in [9.17, 15) is 19.8 Å². The lowest BCUT2D eigenvalue weighted by Gasteiger charge is -2.53. The van der Waals surface area contributed by atoms with Gasteiger partial charge in [0, 0.05) is 5.92 Å². The summed E-state index contributed by atoms with van der Waals surface area (Å²) in [5.41, 5.74) is -1.51. The number of carbonyl (C=O) groups excluding carboxylic acids is 2. The molecule has 0 aromatic rings. The van der Waals surface area contributed by atoms with Gasteiger partial charge in [-0.3, -0.25) is 4.79 Å². The highest BCUT2D eigenvalue weighted by Crippen LogP contribution is 2.72. The minimum absolute atomic E-state index is 0.0132. The molecule has 28 heavy (non-hydrogen) atoms. The van der Waals surface area contributed by atoms with Gasteiger partial charge < -0.3 is 19.7 Å². The van der Waals surface area contributed by atoms with Crippen molar-refractivity contribution >= 4 is 11.8 Å². The van der Waals surface area contributed by atoms with Gasteiger partial charge in [0.05, 0.1) is 12.0 Å². The summed E-state index contributed by atoms with van der Waals surface area (Å²) in [6, 6.07) is 0. The smallest absolute Gasteiger partial charge is 0.332 e. The summed E-state index contributed by atoms with van der Waals surface area (Å²) >= 11 is 0. The van der Waals surface area contributed by atoms with E-state index in [1.165, 1.54) is 0 Å². The molecule has 0 aromatic heterocycles. The summed E-state index contributed by atoms with van der Waals surface area (Å²) in [5.74, 6) is -0.589. The quantitative estimate of drug-likeness (QED) is 0.521. The fourth-order valence-corrected chi connectivity index (χ4v) is 7.20. The van der Waals surface area contributed by atoms with Crippen LogP contribution < -0.4 is 0 Å². The van der Waals surface area contributed by atoms with Crippen LogP contribution in [0, 0.1) is 34.5 Å². The highest BCUT2D eigenvalue weighted by atomic mass is 16.6. The summed E-state index contributed by atoms with van der Waals surface area (Å²) in [7, 11) is 0. The molecular formula is C22H28O6. The Balaban J connectivity index is 1.80. The van der Waals surface area contributed by atoms with E-state index in [-0.39, 0.29) is 29.6 Å². The minimum Gasteiger partial charge on any atom is -0.450 e. The summed E-state index contributed by atoms with van der Waals surface area (Å²) in [6.07, 6.45) is 2.50. The molecule has 2 saturated carbocycles. The van der Waals surface area contributed by atoms with Crippen LogP contribution in [0.5, 0.6) is 0 Å². The summed E-state index contributed by atoms with van der Waals surface area (Å²) in [4.78, 5) is 26.5. The number of ether oxygens (including phenoxy) is 2. The SMILES string of the molecule is CC1=C[C@]23C(=O)[C@@H](C=C(CO)[C@@H](O)[C@@]24OC(=O)CO[C@@H]14)[C@H]1[C@@H](C[C@H]3C)C1(C)C. The number of rotatable bonds is 1. The third-order valence-electron chi connectivity index (χ3n) is 8.51. The van der Waals surface area contributed by atoms with Crippen LogP contribution in [0.3, 0.4) is 0 Å². The predicted octanol–water partition coefficient (Wildman–Crippen LogP) is 1.40. The van der Waals surface area contributed by atoms with E-state index in [0.717, 1.165) is 12.0 Å². The maximum absolute atomic E-state index is 14.2. The standard InChI is InChI=1S/C22H28O6/c1-10-7-21-11(2)5-14-16(20(14,3)4)13(18(21)26)6-12(8-23)17(25)22(21)19(10)27-9-15(24)28-22/h6-7,11,13-14,16-17,19,23,25H,5,8-9H2,1-4H3/t11-,13+,14-,16+,17-,19+,21+,22+/m1/s1. The molecule has 0 radical (unpaired) electrons. The average Bonchev–Trinajstić information content (AvgIpc) is 3.09. The zero-order chi connectivity index (χ0) is 20.2. The van der Waals surface area contributed by atoms with Crippen LogP contribution in [0.15, 0.2) is 23.3 Å². The lowest BCUT2D eigenvalue weighted by atomic mass is 9.58. The number of esters is 1. The first-order valence-electron chi connectivity index (χ1n) is 10.2. The number of aliphatic hydroxyl groups is 2. The Hall–Kier alpha value is -1.50. The van der Waals surface area contributed by atoms with Crippen molar-refractivity contribution in [1.29, 1.82) is 0 Å². The molecule has 8 atom stereocenters. The molecule has 2 bridgehead atoms. The molecule has 4 aliphatic carbocycles. The third kappa shape index (κ3) is 1.81. The van der Waals surface area contributed by atoms with E-state index in [2.05, 4.69) is 13.8 Å². The van der Waals surface area contributed by atoms with Crippen molar-refractivity contribution in [3.8, 4) is 0 Å². The van der Waals surface area contributed by atoms with E-state index in [0.29, 0.717) is 11.5 Å². The Morgan fingerprint density at radius 2 is 2.00 bits per heavy atom. The van der Waals surface area contributed by atoms with Crippen molar-refractivity contribution < 1.29 is 29.3 Å². The highest BCUT2D eigenvalue weighted by Gasteiger charge is 2.78. The van der Waals surface area contributed by atoms with E-state index in [4.69, 9.17) is 9.47 Å². The predicted molar refractivity (Wildman–Crippen MR) is 99.0 cm³/mol. The van der Waals surface area contributed by atoms with Gasteiger partial charge in [0.25, 0.3) is 0 Å². The van der Waals surface area contributed by atoms with Gasteiger partial charge in [-0.1, -0.05) is 32.9 Å². The second-order valence-corrected chi connectivity index (χ2v) is 10.00. The van der Waals surface area contributed by atoms with E-state index < -0.39 is 41.7 Å². The summed E-state index contributed by atoms with van der Waals surface area (Å²) < 4.78 is 11.8. The Morgan fingerprint density at radius 1 is 1.29 bits per heavy atom. The lowest BCUT2D eigenvalue weighted by Crippen LogP contribution is -2.69. The van der Waals surface area contributed by atoms with Crippen molar-refractivity contribution in [2.75, 3.05) is 13.2 Å². The molecule has 1 saturated heterocycles. The zero-order valence-electron chi connectivity index (χ0n) is 16.8. The number of fused-ring (bicyclic) bond motifs is 3. The van der Waals surface area contributed by atoms with E-state index in [1.54, 1.807) is 6.08 Å². The van der Waals surface area contributed by atoms with Gasteiger partial charge in [-0.25, -0.2) is 4.79 Å². The highest BCUT2D eigenvalue weighted by molar-refractivity contribution is 5.96. The van der Waals surface area contributed by atoms with Gasteiger partial charge in [0.2, 0.25) is 0 Å². The Bertz CT molecular complexity index is 840. The number of carbonyl (C=O) groups is 2. The number of hydrogen-bond acceptors (Lipinski definition) is 6. The van der Waals surface area contributed by atoms with Crippen molar-refractivity contribution in [1.82, 2.24) is 0 Å². The monoisotopic (exact) mass is 388 g/mol. The molecule has 6 heteroatoms. The normalized spacial score (nSPS) is 50.9. The van der Waals surface area contributed by atoms with Crippen molar-refractivity contribution in [2.24, 2.45) is 34.5 Å². The molecule has 3 fully saturated rings. The van der Waals surface area contributed by atoms with Gasteiger partial charge in [0.1, 0.15) is 18.8 Å². The molecular weight excluding hydrogens is 360 g/mol. The van der Waals surface area contributed by atoms with Crippen molar-refractivity contribution in [3.05, 3.63) is 23.3 Å². The number of allylic oxidation sites excluding steroid dienone is 1. The number of aliphatic hydroxyl groups excluding tert-OH is 2. The van der Waals surface area contributed by atoms with Crippen LogP contribution in [0.2, 0.25) is 0 Å². The topological polar surface area (TPSA) is 93.1 Å². The molecule has 1 heterocycles. The minimum atomic E-state index is -1.55. The first-order chi connectivity index (χ1) is 13.1. The van der Waals surface area contributed by atoms with Gasteiger partial charge in [-0.2, -0.15) is 0 Å². The number of Topliss-reactive ketones (excluding diaryl/α,β-unsaturated/α-hetero) is 1. The maximum Gasteiger partial charge on any atom is 0.332 e. The first-order valence-corrected chi connectivity index (χ1v) is 10.2. The second kappa shape index (κ2) is 5.35. The first kappa shape index (κ1) is 18.5. The van der Waals surface area contributed by atoms with Gasteiger partial charge in [0.15, 0.2) is 11.4 Å². The van der Waals surface area contributed by atoms with Crippen LogP contribution in [-0.4, -0.2) is 53.0 Å². The summed E-state index contributed by atoms with van der Waals surface area (Å²) in [6.45, 7) is 7.67. The third-order valence-corrected chi connectivity index (χ3v) is 8.51. The molecule has 152 valence electrons. The molecule has 1 aliphatic heterocycles. The molecule has 2 spiro atoms. The van der Waals surface area contributed by atoms with Crippen LogP contribution in [0.4, 0.5) is 0 Å². The fourth-order valence-electron chi connectivity index (χ4n) is 7.20. The van der Waals surface area contributed by atoms with Gasteiger partial charge >= 0.3 is 5.97 Å². The molecule has 6 nitrogen and oxygen atoms in total. The lowest BCUT2D eigenvalue weighted by molar-refractivity contribution is -0.248. The van der Waals surface area contributed by atoms with Crippen LogP contribution >= 0.6 is 0 Å². The Morgan fingerprint density at radius 3 is 2.68 bits per heavy atom. The molecule has 5 aliphatic rings. The molecule has 5 rings (SSSR count). The zero-order valence-corrected chi connectivity index (χ0v) is 16.8. The second-order valence-electron chi connectivity index (χ2n) is 10.00. The van der Waals surface area contributed by atoms with Crippen LogP contribution in [-0.2, 0) is 19.1 Å². The largest absolute Gasteiger partial charge is 0.450 e. The van der Waals surface area contributed by atoms with Crippen molar-refractivity contribution in [2.45, 2.75) is 51.9 Å². The number of hydrogen-bond donors (Lipinski definition) is 2. The van der Waals surface area contributed by atoms with Crippen LogP contribution in [0.1, 0.15) is 34.1 Å². The average molecular weight is 388 g/mol. The summed E-state index contributed by atoms with van der Waals surface area (Å²) in [5, 5.41) is 21.5. The van der Waals surface area contributed by atoms with Gasteiger partial charge in [-0.15, -0.1) is 0 Å². The van der Waals surface area contributed by atoms with Crippen LogP contribution in [0.25, 0.3) is 0 Å². The maximum atomic E-state index is 14.2. The van der Waals surface area contributed by atoms with E-state index >= 15 is 0 Å². The van der Waals surface area contributed by atoms with E-state index in [1.807, 2.05) is 19.9 Å². The van der Waals surface area contributed by atoms with Crippen molar-refractivity contribution in [3.63, 3.8) is 0 Å².